The van der Waals surface area contributed by atoms with E-state index in [1.54, 1.807) is 0 Å². The van der Waals surface area contributed by atoms with Crippen molar-refractivity contribution in [3.05, 3.63) is 41.0 Å². The SMILES string of the molecule is Cn1nnc(CC(=O)c2ccc(F)c(C(F)(F)F)c2)n1. The number of nitrogens with zero attached hydrogens (tertiary/aromatic N) is 4. The van der Waals surface area contributed by atoms with E-state index in [1.165, 1.54) is 7.05 Å². The molecule has 0 aliphatic carbocycles. The van der Waals surface area contributed by atoms with Gasteiger partial charge in [-0.2, -0.15) is 18.0 Å². The lowest BCUT2D eigenvalue weighted by Crippen LogP contribution is -2.12. The number of aryl methyl sites for hydroxylation is 1. The first-order chi connectivity index (χ1) is 9.27. The quantitative estimate of drug-likeness (QED) is 0.638. The number of aromatic nitrogens is 4. The molecule has 0 unspecified atom stereocenters. The Kier molecular flexibility index (Phi) is 3.51. The number of halogens is 4. The van der Waals surface area contributed by atoms with Gasteiger partial charge in [-0.05, 0) is 23.4 Å². The average molecular weight is 288 g/mol. The second-order valence-corrected chi connectivity index (χ2v) is 3.99. The Labute approximate surface area is 110 Å². The molecule has 106 valence electrons. The molecular formula is C11H8F4N4O. The van der Waals surface area contributed by atoms with Crippen molar-refractivity contribution >= 4 is 5.78 Å². The van der Waals surface area contributed by atoms with E-state index in [-0.39, 0.29) is 17.8 Å². The van der Waals surface area contributed by atoms with E-state index >= 15 is 0 Å². The summed E-state index contributed by atoms with van der Waals surface area (Å²) in [7, 11) is 1.49. The van der Waals surface area contributed by atoms with Crippen LogP contribution in [0.3, 0.4) is 0 Å². The Morgan fingerprint density at radius 1 is 1.35 bits per heavy atom. The molecule has 5 nitrogen and oxygen atoms in total. The molecular weight excluding hydrogens is 280 g/mol. The van der Waals surface area contributed by atoms with Gasteiger partial charge in [0.25, 0.3) is 0 Å². The zero-order valence-corrected chi connectivity index (χ0v) is 10.1. The highest BCUT2D eigenvalue weighted by Crippen LogP contribution is 2.32. The monoisotopic (exact) mass is 288 g/mol. The molecule has 0 radical (unpaired) electrons. The van der Waals surface area contributed by atoms with Crippen LogP contribution in [0.2, 0.25) is 0 Å². The minimum atomic E-state index is -4.86. The van der Waals surface area contributed by atoms with Gasteiger partial charge in [0.05, 0.1) is 19.0 Å². The molecule has 2 aromatic rings. The number of benzene rings is 1. The van der Waals surface area contributed by atoms with Crippen molar-refractivity contribution in [2.24, 2.45) is 7.05 Å². The third kappa shape index (κ3) is 2.98. The Morgan fingerprint density at radius 3 is 2.60 bits per heavy atom. The van der Waals surface area contributed by atoms with E-state index in [0.717, 1.165) is 10.9 Å². The summed E-state index contributed by atoms with van der Waals surface area (Å²) in [4.78, 5) is 12.9. The molecule has 0 bridgehead atoms. The summed E-state index contributed by atoms with van der Waals surface area (Å²) in [6.07, 6.45) is -5.16. The van der Waals surface area contributed by atoms with Gasteiger partial charge in [0.15, 0.2) is 11.6 Å². The summed E-state index contributed by atoms with van der Waals surface area (Å²) in [5.74, 6) is -1.99. The first kappa shape index (κ1) is 14.1. The number of alkyl halides is 3. The van der Waals surface area contributed by atoms with E-state index in [0.29, 0.717) is 12.1 Å². The summed E-state index contributed by atoms with van der Waals surface area (Å²) in [6, 6.07) is 2.08. The maximum absolute atomic E-state index is 13.1. The minimum Gasteiger partial charge on any atom is -0.294 e. The van der Waals surface area contributed by atoms with Crippen molar-refractivity contribution in [1.82, 2.24) is 20.2 Å². The normalized spacial score (nSPS) is 11.7. The van der Waals surface area contributed by atoms with Crippen LogP contribution in [0, 0.1) is 5.82 Å². The summed E-state index contributed by atoms with van der Waals surface area (Å²) >= 11 is 0. The first-order valence-electron chi connectivity index (χ1n) is 5.40. The van der Waals surface area contributed by atoms with Crippen molar-refractivity contribution < 1.29 is 22.4 Å². The molecule has 0 atom stereocenters. The fourth-order valence-corrected chi connectivity index (χ4v) is 1.56. The lowest BCUT2D eigenvalue weighted by Gasteiger charge is -2.09. The van der Waals surface area contributed by atoms with Gasteiger partial charge in [-0.15, -0.1) is 10.2 Å². The summed E-state index contributed by atoms with van der Waals surface area (Å²) in [5.41, 5.74) is -1.73. The van der Waals surface area contributed by atoms with Crippen LogP contribution in [0.1, 0.15) is 21.7 Å². The van der Waals surface area contributed by atoms with E-state index < -0.39 is 23.3 Å². The van der Waals surface area contributed by atoms with Crippen LogP contribution < -0.4 is 0 Å². The van der Waals surface area contributed by atoms with Crippen LogP contribution in [0.15, 0.2) is 18.2 Å². The number of rotatable bonds is 3. The second-order valence-electron chi connectivity index (χ2n) is 3.99. The van der Waals surface area contributed by atoms with Gasteiger partial charge < -0.3 is 0 Å². The third-order valence-electron chi connectivity index (χ3n) is 2.46. The number of tetrazole rings is 1. The van der Waals surface area contributed by atoms with Gasteiger partial charge in [0.2, 0.25) is 0 Å². The van der Waals surface area contributed by atoms with Crippen LogP contribution >= 0.6 is 0 Å². The zero-order valence-electron chi connectivity index (χ0n) is 10.1. The highest BCUT2D eigenvalue weighted by atomic mass is 19.4. The van der Waals surface area contributed by atoms with Crippen molar-refractivity contribution in [2.45, 2.75) is 12.6 Å². The number of hydrogen-bond donors (Lipinski definition) is 0. The Morgan fingerprint density at radius 2 is 2.05 bits per heavy atom. The third-order valence-corrected chi connectivity index (χ3v) is 2.46. The predicted octanol–water partition coefficient (Wildman–Crippen LogP) is 1.79. The molecule has 0 spiro atoms. The Balaban J connectivity index is 2.27. The van der Waals surface area contributed by atoms with Gasteiger partial charge in [-0.1, -0.05) is 0 Å². The van der Waals surface area contributed by atoms with Gasteiger partial charge in [-0.25, -0.2) is 4.39 Å². The maximum Gasteiger partial charge on any atom is 0.419 e. The first-order valence-corrected chi connectivity index (χ1v) is 5.40. The molecule has 1 heterocycles. The molecule has 0 aliphatic heterocycles. The molecule has 0 aliphatic rings. The Bertz CT molecular complexity index is 650. The molecule has 0 N–H and O–H groups in total. The van der Waals surface area contributed by atoms with Crippen LogP contribution in [0.4, 0.5) is 17.6 Å². The van der Waals surface area contributed by atoms with E-state index in [2.05, 4.69) is 15.4 Å². The number of hydrogen-bond acceptors (Lipinski definition) is 4. The number of carbonyl (C=O) groups is 1. The van der Waals surface area contributed by atoms with Crippen molar-refractivity contribution in [2.75, 3.05) is 0 Å². The van der Waals surface area contributed by atoms with Crippen LogP contribution in [0.5, 0.6) is 0 Å². The zero-order chi connectivity index (χ0) is 14.9. The molecule has 0 amide bonds. The topological polar surface area (TPSA) is 60.7 Å². The second kappa shape index (κ2) is 4.99. The van der Waals surface area contributed by atoms with E-state index in [4.69, 9.17) is 0 Å². The van der Waals surface area contributed by atoms with Crippen LogP contribution in [-0.2, 0) is 19.6 Å². The van der Waals surface area contributed by atoms with Crippen molar-refractivity contribution in [3.8, 4) is 0 Å². The number of Topliss-reactive ketones (excluding diaryl/α,β-unsaturated/α-hetero) is 1. The summed E-state index contributed by atoms with van der Waals surface area (Å²) < 4.78 is 50.7. The highest BCUT2D eigenvalue weighted by molar-refractivity contribution is 5.97. The van der Waals surface area contributed by atoms with Crippen LogP contribution in [0.25, 0.3) is 0 Å². The predicted molar refractivity (Wildman–Crippen MR) is 58.2 cm³/mol. The fraction of sp³-hybridized carbons (Fsp3) is 0.273. The minimum absolute atomic E-state index is 0.0791. The fourth-order valence-electron chi connectivity index (χ4n) is 1.56. The lowest BCUT2D eigenvalue weighted by molar-refractivity contribution is -0.140. The van der Waals surface area contributed by atoms with E-state index in [1.807, 2.05) is 0 Å². The average Bonchev–Trinajstić information content (AvgIpc) is 2.73. The summed E-state index contributed by atoms with van der Waals surface area (Å²) in [6.45, 7) is 0. The molecule has 0 saturated carbocycles. The number of carbonyl (C=O) groups excluding carboxylic acids is 1. The standard InChI is InChI=1S/C11H8F4N4O/c1-19-17-10(16-18-19)5-9(20)6-2-3-8(12)7(4-6)11(13,14)15/h2-4H,5H2,1H3. The van der Waals surface area contributed by atoms with Crippen molar-refractivity contribution in [1.29, 1.82) is 0 Å². The van der Waals surface area contributed by atoms with E-state index in [9.17, 15) is 22.4 Å². The molecule has 0 saturated heterocycles. The van der Waals surface area contributed by atoms with Gasteiger partial charge in [-0.3, -0.25) is 4.79 Å². The maximum atomic E-state index is 13.1. The molecule has 1 aromatic carbocycles. The van der Waals surface area contributed by atoms with Crippen molar-refractivity contribution in [3.63, 3.8) is 0 Å². The molecule has 2 rings (SSSR count). The van der Waals surface area contributed by atoms with Crippen LogP contribution in [-0.4, -0.2) is 26.0 Å². The van der Waals surface area contributed by atoms with Gasteiger partial charge in [0, 0.05) is 5.56 Å². The lowest BCUT2D eigenvalue weighted by atomic mass is 10.0. The van der Waals surface area contributed by atoms with Gasteiger partial charge in [0.1, 0.15) is 5.82 Å². The molecule has 20 heavy (non-hydrogen) atoms. The summed E-state index contributed by atoms with van der Waals surface area (Å²) in [5, 5.41) is 10.8. The largest absolute Gasteiger partial charge is 0.419 e. The highest BCUT2D eigenvalue weighted by Gasteiger charge is 2.34. The molecule has 1 aromatic heterocycles. The molecule has 9 heteroatoms. The van der Waals surface area contributed by atoms with Gasteiger partial charge >= 0.3 is 6.18 Å². The molecule has 0 fully saturated rings. The number of ketones is 1. The smallest absolute Gasteiger partial charge is 0.294 e. The Hall–Kier alpha value is -2.32.